The van der Waals surface area contributed by atoms with Crippen LogP contribution in [0.2, 0.25) is 4.34 Å². The Morgan fingerprint density at radius 2 is 2.33 bits per heavy atom. The fraction of sp³-hybridized carbons (Fsp3) is 0.182. The Morgan fingerprint density at radius 1 is 1.44 bits per heavy atom. The summed E-state index contributed by atoms with van der Waals surface area (Å²) < 4.78 is 4.45. The minimum Gasteiger partial charge on any atom is -0.333 e. The van der Waals surface area contributed by atoms with Gasteiger partial charge < -0.3 is 4.98 Å². The van der Waals surface area contributed by atoms with Crippen molar-refractivity contribution < 1.29 is 0 Å². The molecule has 0 saturated heterocycles. The van der Waals surface area contributed by atoms with Crippen molar-refractivity contribution in [3.8, 4) is 0 Å². The quantitative estimate of drug-likeness (QED) is 0.749. The van der Waals surface area contributed by atoms with Crippen LogP contribution >= 0.6 is 34.9 Å². The van der Waals surface area contributed by atoms with Crippen LogP contribution in [-0.2, 0) is 5.75 Å². The molecule has 0 aliphatic rings. The van der Waals surface area contributed by atoms with Crippen LogP contribution < -0.4 is 0 Å². The SMILES string of the molecule is Cc1ccc2nc(SCc3nnsc3Cl)[nH]c2c1. The third-order valence-corrected chi connectivity index (χ3v) is 4.34. The standard InChI is InChI=1S/C11H9ClN4S2/c1-6-2-3-7-8(4-6)14-11(13-7)17-5-9-10(12)18-16-15-9/h2-4H,5H2,1H3,(H,13,14). The monoisotopic (exact) mass is 296 g/mol. The minimum absolute atomic E-state index is 0.648. The summed E-state index contributed by atoms with van der Waals surface area (Å²) in [5.41, 5.74) is 4.06. The van der Waals surface area contributed by atoms with Crippen molar-refractivity contribution in [3.05, 3.63) is 33.8 Å². The number of aromatic nitrogens is 4. The van der Waals surface area contributed by atoms with Crippen LogP contribution in [0, 0.1) is 6.92 Å². The molecule has 92 valence electrons. The van der Waals surface area contributed by atoms with Gasteiger partial charge in [-0.15, -0.1) is 5.10 Å². The van der Waals surface area contributed by atoms with E-state index < -0.39 is 0 Å². The number of fused-ring (bicyclic) bond motifs is 1. The first-order valence-corrected chi connectivity index (χ1v) is 7.42. The topological polar surface area (TPSA) is 54.5 Å². The zero-order chi connectivity index (χ0) is 12.5. The number of hydrogen-bond acceptors (Lipinski definition) is 5. The van der Waals surface area contributed by atoms with E-state index in [-0.39, 0.29) is 0 Å². The van der Waals surface area contributed by atoms with Gasteiger partial charge in [0.2, 0.25) is 0 Å². The molecule has 18 heavy (non-hydrogen) atoms. The van der Waals surface area contributed by atoms with Crippen LogP contribution in [-0.4, -0.2) is 19.6 Å². The lowest BCUT2D eigenvalue weighted by atomic mass is 10.2. The highest BCUT2D eigenvalue weighted by atomic mass is 35.5. The summed E-state index contributed by atoms with van der Waals surface area (Å²) in [6.07, 6.45) is 0. The maximum absolute atomic E-state index is 5.96. The van der Waals surface area contributed by atoms with Crippen molar-refractivity contribution in [2.45, 2.75) is 17.8 Å². The zero-order valence-corrected chi connectivity index (χ0v) is 11.9. The van der Waals surface area contributed by atoms with Gasteiger partial charge in [-0.1, -0.05) is 33.9 Å². The number of hydrogen-bond donors (Lipinski definition) is 1. The molecular formula is C11H9ClN4S2. The Labute approximate surface area is 117 Å². The number of H-pyrrole nitrogens is 1. The highest BCUT2D eigenvalue weighted by Gasteiger charge is 2.08. The van der Waals surface area contributed by atoms with Gasteiger partial charge in [-0.25, -0.2) is 4.98 Å². The summed E-state index contributed by atoms with van der Waals surface area (Å²) in [5.74, 6) is 0.675. The fourth-order valence-electron chi connectivity index (χ4n) is 1.59. The Balaban J connectivity index is 1.81. The summed E-state index contributed by atoms with van der Waals surface area (Å²) in [6, 6.07) is 6.16. The zero-order valence-electron chi connectivity index (χ0n) is 9.48. The van der Waals surface area contributed by atoms with Crippen molar-refractivity contribution in [3.63, 3.8) is 0 Å². The first-order valence-electron chi connectivity index (χ1n) is 5.28. The van der Waals surface area contributed by atoms with E-state index in [1.165, 1.54) is 17.1 Å². The summed E-state index contributed by atoms with van der Waals surface area (Å²) in [4.78, 5) is 7.78. The number of aryl methyl sites for hydroxylation is 1. The van der Waals surface area contributed by atoms with E-state index in [1.807, 2.05) is 6.07 Å². The molecule has 4 nitrogen and oxygen atoms in total. The molecule has 1 aromatic carbocycles. The number of aromatic amines is 1. The number of nitrogens with zero attached hydrogens (tertiary/aromatic N) is 3. The molecule has 0 radical (unpaired) electrons. The van der Waals surface area contributed by atoms with E-state index in [4.69, 9.17) is 11.6 Å². The molecule has 1 N–H and O–H groups in total. The van der Waals surface area contributed by atoms with Gasteiger partial charge in [0.25, 0.3) is 0 Å². The highest BCUT2D eigenvalue weighted by molar-refractivity contribution is 7.98. The van der Waals surface area contributed by atoms with Gasteiger partial charge in [-0.05, 0) is 24.6 Å². The van der Waals surface area contributed by atoms with E-state index >= 15 is 0 Å². The van der Waals surface area contributed by atoms with Crippen molar-refractivity contribution >= 4 is 45.9 Å². The maximum atomic E-state index is 5.96. The van der Waals surface area contributed by atoms with Gasteiger partial charge >= 0.3 is 0 Å². The third-order valence-electron chi connectivity index (χ3n) is 2.47. The van der Waals surface area contributed by atoms with Crippen molar-refractivity contribution in [2.24, 2.45) is 0 Å². The van der Waals surface area contributed by atoms with E-state index in [1.54, 1.807) is 11.8 Å². The minimum atomic E-state index is 0.648. The van der Waals surface area contributed by atoms with Gasteiger partial charge in [-0.2, -0.15) is 0 Å². The van der Waals surface area contributed by atoms with E-state index in [2.05, 4.69) is 38.6 Å². The maximum Gasteiger partial charge on any atom is 0.166 e. The summed E-state index contributed by atoms with van der Waals surface area (Å²) in [6.45, 7) is 2.06. The van der Waals surface area contributed by atoms with Crippen molar-refractivity contribution in [1.82, 2.24) is 19.6 Å². The number of nitrogens with one attached hydrogen (secondary N) is 1. The number of thioether (sulfide) groups is 1. The second-order valence-corrected chi connectivity index (χ2v) is 6.16. The Morgan fingerprint density at radius 3 is 3.11 bits per heavy atom. The van der Waals surface area contributed by atoms with Gasteiger partial charge in [0.1, 0.15) is 10.0 Å². The Kier molecular flexibility index (Phi) is 3.23. The Hall–Kier alpha value is -1.11. The molecule has 0 fully saturated rings. The molecule has 0 bridgehead atoms. The van der Waals surface area contributed by atoms with Crippen LogP contribution in [0.25, 0.3) is 11.0 Å². The molecule has 2 aromatic heterocycles. The average Bonchev–Trinajstić information content (AvgIpc) is 2.92. The lowest BCUT2D eigenvalue weighted by Gasteiger charge is -1.93. The molecule has 0 aliphatic carbocycles. The molecule has 0 atom stereocenters. The van der Waals surface area contributed by atoms with Crippen LogP contribution in [0.1, 0.15) is 11.3 Å². The summed E-state index contributed by atoms with van der Waals surface area (Å²) in [7, 11) is 0. The van der Waals surface area contributed by atoms with Crippen molar-refractivity contribution in [2.75, 3.05) is 0 Å². The molecule has 0 unspecified atom stereocenters. The van der Waals surface area contributed by atoms with E-state index in [9.17, 15) is 0 Å². The van der Waals surface area contributed by atoms with E-state index in [0.29, 0.717) is 10.1 Å². The van der Waals surface area contributed by atoms with Crippen LogP contribution in [0.3, 0.4) is 0 Å². The van der Waals surface area contributed by atoms with Gasteiger partial charge in [-0.3, -0.25) is 0 Å². The number of rotatable bonds is 3. The molecular weight excluding hydrogens is 288 g/mol. The van der Waals surface area contributed by atoms with Crippen LogP contribution in [0.4, 0.5) is 0 Å². The summed E-state index contributed by atoms with van der Waals surface area (Å²) in [5, 5.41) is 4.85. The molecule has 0 saturated carbocycles. The summed E-state index contributed by atoms with van der Waals surface area (Å²) >= 11 is 8.74. The van der Waals surface area contributed by atoms with Gasteiger partial charge in [0.15, 0.2) is 5.16 Å². The number of benzene rings is 1. The second kappa shape index (κ2) is 4.87. The van der Waals surface area contributed by atoms with Crippen LogP contribution in [0.5, 0.6) is 0 Å². The van der Waals surface area contributed by atoms with Crippen molar-refractivity contribution in [1.29, 1.82) is 0 Å². The first kappa shape index (κ1) is 12.0. The second-order valence-electron chi connectivity index (χ2n) is 3.84. The molecule has 2 heterocycles. The Bertz CT molecular complexity index is 691. The predicted octanol–water partition coefficient (Wildman–Crippen LogP) is 3.67. The molecule has 0 amide bonds. The average molecular weight is 297 g/mol. The molecule has 3 rings (SSSR count). The van der Waals surface area contributed by atoms with Gasteiger partial charge in [0, 0.05) is 17.3 Å². The fourth-order valence-corrected chi connectivity index (χ4v) is 3.21. The predicted molar refractivity (Wildman–Crippen MR) is 75.3 cm³/mol. The number of halogens is 1. The molecule has 0 spiro atoms. The first-order chi connectivity index (χ1) is 8.72. The highest BCUT2D eigenvalue weighted by Crippen LogP contribution is 2.27. The molecule has 0 aliphatic heterocycles. The largest absolute Gasteiger partial charge is 0.333 e. The lowest BCUT2D eigenvalue weighted by Crippen LogP contribution is -1.83. The molecule has 7 heteroatoms. The number of imidazole rings is 1. The smallest absolute Gasteiger partial charge is 0.166 e. The van der Waals surface area contributed by atoms with E-state index in [0.717, 1.165) is 21.9 Å². The van der Waals surface area contributed by atoms with Gasteiger partial charge in [0.05, 0.1) is 11.0 Å². The lowest BCUT2D eigenvalue weighted by molar-refractivity contribution is 1.05. The third kappa shape index (κ3) is 2.36. The normalized spacial score (nSPS) is 11.2. The molecule has 3 aromatic rings. The van der Waals surface area contributed by atoms with Crippen LogP contribution in [0.15, 0.2) is 23.4 Å².